The van der Waals surface area contributed by atoms with E-state index in [2.05, 4.69) is 118 Å². The molecule has 0 saturated heterocycles. The Balaban J connectivity index is 1.44. The van der Waals surface area contributed by atoms with Gasteiger partial charge in [0, 0.05) is 22.5 Å². The van der Waals surface area contributed by atoms with Crippen molar-refractivity contribution in [3.63, 3.8) is 0 Å². The van der Waals surface area contributed by atoms with Crippen LogP contribution in [0.4, 0.5) is 17.1 Å². The summed E-state index contributed by atoms with van der Waals surface area (Å²) in [4.78, 5) is 15.8. The van der Waals surface area contributed by atoms with Crippen molar-refractivity contribution in [2.75, 3.05) is 4.90 Å². The van der Waals surface area contributed by atoms with E-state index in [1.54, 1.807) is 6.08 Å². The SMILES string of the molecule is CCC1(CC)c2cc(/C=C/C(=O)c3cccs3)ccc2-c2ccc(N(c3ccc(C)cc3)c3ccc(C)cc3)cc21. The Morgan fingerprint density at radius 1 is 0.732 bits per heavy atom. The van der Waals surface area contributed by atoms with Crippen molar-refractivity contribution in [1.82, 2.24) is 0 Å². The Hall–Kier alpha value is -4.21. The number of rotatable bonds is 8. The first-order chi connectivity index (χ1) is 19.9. The molecule has 0 saturated carbocycles. The van der Waals surface area contributed by atoms with E-state index in [9.17, 15) is 4.79 Å². The summed E-state index contributed by atoms with van der Waals surface area (Å²) in [5.74, 6) is 0.0537. The highest BCUT2D eigenvalue weighted by molar-refractivity contribution is 7.12. The first-order valence-corrected chi connectivity index (χ1v) is 15.3. The third-order valence-electron chi connectivity index (χ3n) is 8.61. The summed E-state index contributed by atoms with van der Waals surface area (Å²) in [5.41, 5.74) is 12.3. The smallest absolute Gasteiger partial charge is 0.195 e. The highest BCUT2D eigenvalue weighted by Gasteiger charge is 2.41. The number of aryl methyl sites for hydroxylation is 2. The van der Waals surface area contributed by atoms with Gasteiger partial charge in [-0.2, -0.15) is 0 Å². The molecule has 0 aliphatic heterocycles. The van der Waals surface area contributed by atoms with Crippen LogP contribution in [-0.2, 0) is 5.41 Å². The van der Waals surface area contributed by atoms with Crippen LogP contribution < -0.4 is 4.90 Å². The van der Waals surface area contributed by atoms with E-state index in [0.29, 0.717) is 0 Å². The van der Waals surface area contributed by atoms with Gasteiger partial charge in [-0.05, 0) is 108 Å². The van der Waals surface area contributed by atoms with Crippen LogP contribution in [0.25, 0.3) is 17.2 Å². The molecule has 0 atom stereocenters. The minimum absolute atomic E-state index is 0.0537. The molecular formula is C38H35NOS. The van der Waals surface area contributed by atoms with Crippen LogP contribution in [0.3, 0.4) is 0 Å². The number of allylic oxidation sites excluding steroid dienone is 1. The van der Waals surface area contributed by atoms with E-state index in [0.717, 1.165) is 40.3 Å². The van der Waals surface area contributed by atoms with Crippen molar-refractivity contribution in [2.24, 2.45) is 0 Å². The van der Waals surface area contributed by atoms with Crippen molar-refractivity contribution in [3.05, 3.63) is 141 Å². The molecule has 4 aromatic carbocycles. The molecule has 1 aromatic heterocycles. The van der Waals surface area contributed by atoms with E-state index in [1.165, 1.54) is 44.7 Å². The quantitative estimate of drug-likeness (QED) is 0.141. The minimum Gasteiger partial charge on any atom is -0.310 e. The molecule has 2 nitrogen and oxygen atoms in total. The lowest BCUT2D eigenvalue weighted by atomic mass is 9.73. The molecule has 3 heteroatoms. The molecular weight excluding hydrogens is 518 g/mol. The summed E-state index contributed by atoms with van der Waals surface area (Å²) in [6, 6.07) is 35.0. The van der Waals surface area contributed by atoms with Gasteiger partial charge < -0.3 is 4.90 Å². The summed E-state index contributed by atoms with van der Waals surface area (Å²) in [7, 11) is 0. The van der Waals surface area contributed by atoms with Gasteiger partial charge >= 0.3 is 0 Å². The van der Waals surface area contributed by atoms with Crippen LogP contribution in [0.2, 0.25) is 0 Å². The summed E-state index contributed by atoms with van der Waals surface area (Å²) in [6.07, 6.45) is 5.67. The minimum atomic E-state index is -0.0888. The number of carbonyl (C=O) groups excluding carboxylic acids is 1. The molecule has 1 aliphatic carbocycles. The van der Waals surface area contributed by atoms with Crippen LogP contribution in [-0.4, -0.2) is 5.78 Å². The highest BCUT2D eigenvalue weighted by atomic mass is 32.1. The number of ketones is 1. The third kappa shape index (κ3) is 4.85. The van der Waals surface area contributed by atoms with Crippen LogP contribution in [0.1, 0.15) is 64.2 Å². The number of fused-ring (bicyclic) bond motifs is 3. The van der Waals surface area contributed by atoms with Crippen LogP contribution in [0, 0.1) is 13.8 Å². The number of hydrogen-bond donors (Lipinski definition) is 0. The maximum atomic E-state index is 12.6. The van der Waals surface area contributed by atoms with E-state index >= 15 is 0 Å². The predicted molar refractivity (Wildman–Crippen MR) is 175 cm³/mol. The zero-order valence-corrected chi connectivity index (χ0v) is 25.0. The molecule has 0 fully saturated rings. The fraction of sp³-hybridized carbons (Fsp3) is 0.184. The van der Waals surface area contributed by atoms with Gasteiger partial charge in [0.25, 0.3) is 0 Å². The van der Waals surface area contributed by atoms with Crippen LogP contribution in [0.15, 0.2) is 109 Å². The van der Waals surface area contributed by atoms with Gasteiger partial charge in [-0.1, -0.05) is 85.6 Å². The highest BCUT2D eigenvalue weighted by Crippen LogP contribution is 2.54. The van der Waals surface area contributed by atoms with Gasteiger partial charge in [-0.25, -0.2) is 0 Å². The largest absolute Gasteiger partial charge is 0.310 e. The van der Waals surface area contributed by atoms with Gasteiger partial charge in [0.05, 0.1) is 4.88 Å². The third-order valence-corrected chi connectivity index (χ3v) is 9.49. The Kier molecular flexibility index (Phi) is 7.23. The first kappa shape index (κ1) is 27.0. The Morgan fingerprint density at radius 2 is 1.29 bits per heavy atom. The van der Waals surface area contributed by atoms with Crippen LogP contribution >= 0.6 is 11.3 Å². The Morgan fingerprint density at radius 3 is 1.85 bits per heavy atom. The topological polar surface area (TPSA) is 20.3 Å². The molecule has 6 rings (SSSR count). The molecule has 0 spiro atoms. The Labute approximate surface area is 247 Å². The summed E-state index contributed by atoms with van der Waals surface area (Å²) >= 11 is 1.48. The number of hydrogen-bond acceptors (Lipinski definition) is 3. The van der Waals surface area contributed by atoms with E-state index in [4.69, 9.17) is 0 Å². The molecule has 0 bridgehead atoms. The number of nitrogens with zero attached hydrogens (tertiary/aromatic N) is 1. The second-order valence-corrected chi connectivity index (χ2v) is 12.0. The molecule has 41 heavy (non-hydrogen) atoms. The molecule has 0 amide bonds. The lowest BCUT2D eigenvalue weighted by Crippen LogP contribution is -2.23. The van der Waals surface area contributed by atoms with Crippen molar-refractivity contribution in [3.8, 4) is 11.1 Å². The number of thiophene rings is 1. The molecule has 1 heterocycles. The van der Waals surface area contributed by atoms with Crippen molar-refractivity contribution in [2.45, 2.75) is 46.0 Å². The lowest BCUT2D eigenvalue weighted by Gasteiger charge is -2.32. The van der Waals surface area contributed by atoms with Crippen molar-refractivity contribution >= 4 is 40.3 Å². The molecule has 1 aliphatic rings. The monoisotopic (exact) mass is 553 g/mol. The molecule has 0 radical (unpaired) electrons. The second-order valence-electron chi connectivity index (χ2n) is 11.0. The second kappa shape index (κ2) is 11.0. The lowest BCUT2D eigenvalue weighted by molar-refractivity contribution is 0.105. The van der Waals surface area contributed by atoms with E-state index in [1.807, 2.05) is 23.6 Å². The zero-order valence-electron chi connectivity index (χ0n) is 24.1. The average molecular weight is 554 g/mol. The number of carbonyl (C=O) groups is 1. The standard InChI is InChI=1S/C38H35NOS/c1-5-38(6-2)34-24-28(14-22-36(40)37-8-7-23-41-37)13-20-32(34)33-21-19-31(25-35(33)38)39(29-15-9-26(3)10-16-29)30-17-11-27(4)12-18-30/h7-25H,5-6H2,1-4H3/b22-14+. The van der Waals surface area contributed by atoms with Crippen molar-refractivity contribution < 1.29 is 4.79 Å². The summed E-state index contributed by atoms with van der Waals surface area (Å²) in [5, 5.41) is 1.94. The normalized spacial score (nSPS) is 13.3. The van der Waals surface area contributed by atoms with Gasteiger partial charge in [0.1, 0.15) is 0 Å². The van der Waals surface area contributed by atoms with Gasteiger partial charge in [-0.15, -0.1) is 11.3 Å². The molecule has 0 N–H and O–H groups in total. The molecule has 0 unspecified atom stereocenters. The average Bonchev–Trinajstić information content (AvgIpc) is 3.63. The Bertz CT molecular complexity index is 1680. The predicted octanol–water partition coefficient (Wildman–Crippen LogP) is 10.8. The number of benzene rings is 4. The van der Waals surface area contributed by atoms with Crippen LogP contribution in [0.5, 0.6) is 0 Å². The fourth-order valence-electron chi connectivity index (χ4n) is 6.26. The van der Waals surface area contributed by atoms with Gasteiger partial charge in [0.2, 0.25) is 0 Å². The summed E-state index contributed by atoms with van der Waals surface area (Å²) < 4.78 is 0. The zero-order chi connectivity index (χ0) is 28.6. The number of anilines is 3. The maximum absolute atomic E-state index is 12.6. The fourth-order valence-corrected chi connectivity index (χ4v) is 6.91. The first-order valence-electron chi connectivity index (χ1n) is 14.4. The van der Waals surface area contributed by atoms with E-state index < -0.39 is 0 Å². The maximum Gasteiger partial charge on any atom is 0.195 e. The summed E-state index contributed by atoms with van der Waals surface area (Å²) in [6.45, 7) is 8.86. The van der Waals surface area contributed by atoms with E-state index in [-0.39, 0.29) is 11.2 Å². The van der Waals surface area contributed by atoms with Gasteiger partial charge in [0.15, 0.2) is 5.78 Å². The molecule has 5 aromatic rings. The van der Waals surface area contributed by atoms with Gasteiger partial charge in [-0.3, -0.25) is 4.79 Å². The van der Waals surface area contributed by atoms with Crippen molar-refractivity contribution in [1.29, 1.82) is 0 Å². The molecule has 204 valence electrons.